The van der Waals surface area contributed by atoms with Gasteiger partial charge in [0.15, 0.2) is 5.65 Å². The van der Waals surface area contributed by atoms with Crippen molar-refractivity contribution in [2.24, 2.45) is 7.05 Å². The van der Waals surface area contributed by atoms with Crippen LogP contribution < -0.4 is 10.1 Å². The van der Waals surface area contributed by atoms with E-state index in [0.717, 1.165) is 39.9 Å². The first-order chi connectivity index (χ1) is 16.1. The SMILES string of the molecule is Cn1nccc1Nc1nccc(-c2cc3n4c(nnc4c2)[C@H](Cc2cccc(Cl)c2)CO3)n1. The van der Waals surface area contributed by atoms with Gasteiger partial charge in [-0.2, -0.15) is 5.10 Å². The highest BCUT2D eigenvalue weighted by Gasteiger charge is 2.27. The molecule has 0 radical (unpaired) electrons. The van der Waals surface area contributed by atoms with Crippen LogP contribution >= 0.6 is 11.6 Å². The van der Waals surface area contributed by atoms with E-state index in [1.165, 1.54) is 0 Å². The van der Waals surface area contributed by atoms with E-state index < -0.39 is 0 Å². The molecule has 6 rings (SSSR count). The minimum absolute atomic E-state index is 0.0885. The van der Waals surface area contributed by atoms with Crippen molar-refractivity contribution in [3.8, 4) is 17.1 Å². The average Bonchev–Trinajstić information content (AvgIpc) is 3.43. The van der Waals surface area contributed by atoms with Crippen LogP contribution in [0.15, 0.2) is 60.9 Å². The molecular formula is C23H19ClN8O. The van der Waals surface area contributed by atoms with Crippen molar-refractivity contribution in [3.63, 3.8) is 0 Å². The minimum atomic E-state index is 0.0885. The van der Waals surface area contributed by atoms with Crippen LogP contribution in [0.25, 0.3) is 16.9 Å². The molecule has 0 unspecified atom stereocenters. The van der Waals surface area contributed by atoms with Crippen LogP contribution in [0, 0.1) is 0 Å². The fraction of sp³-hybridized carbons (Fsp3) is 0.174. The molecule has 1 N–H and O–H groups in total. The number of ether oxygens (including phenoxy) is 1. The zero-order valence-corrected chi connectivity index (χ0v) is 18.4. The lowest BCUT2D eigenvalue weighted by molar-refractivity contribution is 0.245. The molecule has 5 heterocycles. The Morgan fingerprint density at radius 1 is 1.12 bits per heavy atom. The molecule has 9 nitrogen and oxygen atoms in total. The van der Waals surface area contributed by atoms with E-state index in [4.69, 9.17) is 16.3 Å². The van der Waals surface area contributed by atoms with Gasteiger partial charge >= 0.3 is 0 Å². The van der Waals surface area contributed by atoms with Crippen molar-refractivity contribution < 1.29 is 4.74 Å². The summed E-state index contributed by atoms with van der Waals surface area (Å²) < 4.78 is 9.83. The van der Waals surface area contributed by atoms with Crippen LogP contribution in [-0.2, 0) is 13.5 Å². The van der Waals surface area contributed by atoms with Crippen molar-refractivity contribution in [2.45, 2.75) is 12.3 Å². The van der Waals surface area contributed by atoms with Gasteiger partial charge in [0, 0.05) is 36.0 Å². The predicted octanol–water partition coefficient (Wildman–Crippen LogP) is 4.04. The van der Waals surface area contributed by atoms with Gasteiger partial charge in [-0.15, -0.1) is 10.2 Å². The number of halogens is 1. The second kappa shape index (κ2) is 7.86. The van der Waals surface area contributed by atoms with E-state index in [2.05, 4.69) is 36.6 Å². The number of hydrogen-bond donors (Lipinski definition) is 1. The number of rotatable bonds is 5. The van der Waals surface area contributed by atoms with Gasteiger partial charge in [-0.05, 0) is 36.2 Å². The molecule has 1 atom stereocenters. The van der Waals surface area contributed by atoms with Crippen molar-refractivity contribution >= 4 is 29.0 Å². The number of anilines is 2. The molecule has 0 saturated heterocycles. The number of hydrogen-bond acceptors (Lipinski definition) is 7. The maximum atomic E-state index is 6.15. The Bertz CT molecular complexity index is 1480. The third-order valence-corrected chi connectivity index (χ3v) is 5.91. The molecule has 0 saturated carbocycles. The summed E-state index contributed by atoms with van der Waals surface area (Å²) in [6.45, 7) is 0.515. The Hall–Kier alpha value is -3.98. The Morgan fingerprint density at radius 3 is 2.91 bits per heavy atom. The minimum Gasteiger partial charge on any atom is -0.478 e. The molecule has 4 aromatic heterocycles. The van der Waals surface area contributed by atoms with Gasteiger partial charge < -0.3 is 10.1 Å². The van der Waals surface area contributed by atoms with E-state index in [1.807, 2.05) is 53.9 Å². The highest BCUT2D eigenvalue weighted by Crippen LogP contribution is 2.33. The van der Waals surface area contributed by atoms with Crippen LogP contribution in [0.1, 0.15) is 17.3 Å². The van der Waals surface area contributed by atoms with Crippen LogP contribution in [0.2, 0.25) is 5.02 Å². The molecule has 0 fully saturated rings. The number of pyridine rings is 1. The first kappa shape index (κ1) is 19.7. The van der Waals surface area contributed by atoms with Gasteiger partial charge in [0.25, 0.3) is 0 Å². The van der Waals surface area contributed by atoms with E-state index in [0.29, 0.717) is 24.1 Å². The Balaban J connectivity index is 1.32. The Morgan fingerprint density at radius 2 is 2.06 bits per heavy atom. The molecule has 1 aliphatic rings. The standard InChI is InChI=1S/C23H19ClN8O/c1-31-19(6-8-26-31)28-23-25-7-5-18(27-23)15-11-20-29-30-22-16(13-33-21(12-15)32(20)22)9-14-3-2-4-17(24)10-14/h2-8,10-12,16H,9,13H2,1H3,(H,25,27,28)/t16-/m1/s1. The highest BCUT2D eigenvalue weighted by molar-refractivity contribution is 6.30. The van der Waals surface area contributed by atoms with Gasteiger partial charge in [0.1, 0.15) is 18.2 Å². The lowest BCUT2D eigenvalue weighted by atomic mass is 9.98. The van der Waals surface area contributed by atoms with E-state index in [-0.39, 0.29) is 5.92 Å². The topological polar surface area (TPSA) is 95.1 Å². The fourth-order valence-electron chi connectivity index (χ4n) is 4.08. The average molecular weight is 459 g/mol. The molecule has 0 bridgehead atoms. The molecular weight excluding hydrogens is 440 g/mol. The lowest BCUT2D eigenvalue weighted by Gasteiger charge is -2.23. The summed E-state index contributed by atoms with van der Waals surface area (Å²) >= 11 is 6.15. The largest absolute Gasteiger partial charge is 0.478 e. The third-order valence-electron chi connectivity index (χ3n) is 5.68. The van der Waals surface area contributed by atoms with Crippen molar-refractivity contribution in [2.75, 3.05) is 11.9 Å². The summed E-state index contributed by atoms with van der Waals surface area (Å²) in [6.07, 6.45) is 4.20. The van der Waals surface area contributed by atoms with Crippen LogP contribution in [-0.4, -0.2) is 41.0 Å². The molecule has 1 aliphatic heterocycles. The number of aryl methyl sites for hydroxylation is 1. The monoisotopic (exact) mass is 458 g/mol. The van der Waals surface area contributed by atoms with Crippen molar-refractivity contribution in [1.29, 1.82) is 0 Å². The van der Waals surface area contributed by atoms with E-state index in [1.54, 1.807) is 17.1 Å². The molecule has 33 heavy (non-hydrogen) atoms. The molecule has 10 heteroatoms. The summed E-state index contributed by atoms with van der Waals surface area (Å²) in [5.74, 6) is 2.96. The summed E-state index contributed by atoms with van der Waals surface area (Å²) in [7, 11) is 1.85. The van der Waals surface area contributed by atoms with Crippen molar-refractivity contribution in [3.05, 3.63) is 77.3 Å². The first-order valence-corrected chi connectivity index (χ1v) is 10.9. The molecule has 0 amide bonds. The Kier molecular flexibility index (Phi) is 4.69. The molecule has 5 aromatic rings. The first-order valence-electron chi connectivity index (χ1n) is 10.5. The zero-order valence-electron chi connectivity index (χ0n) is 17.7. The summed E-state index contributed by atoms with van der Waals surface area (Å²) in [5.41, 5.74) is 3.48. The smallest absolute Gasteiger partial charge is 0.228 e. The number of benzene rings is 1. The van der Waals surface area contributed by atoms with Gasteiger partial charge in [0.2, 0.25) is 11.8 Å². The lowest BCUT2D eigenvalue weighted by Crippen LogP contribution is -2.22. The van der Waals surface area contributed by atoms with Gasteiger partial charge in [-0.25, -0.2) is 14.4 Å². The number of aromatic nitrogens is 7. The van der Waals surface area contributed by atoms with Crippen LogP contribution in [0.4, 0.5) is 11.8 Å². The maximum Gasteiger partial charge on any atom is 0.228 e. The van der Waals surface area contributed by atoms with Gasteiger partial charge in [0.05, 0.1) is 17.8 Å². The van der Waals surface area contributed by atoms with Gasteiger partial charge in [-0.3, -0.25) is 4.68 Å². The summed E-state index contributed by atoms with van der Waals surface area (Å²) in [5, 5.41) is 17.0. The number of nitrogens with zero attached hydrogens (tertiary/aromatic N) is 7. The molecule has 164 valence electrons. The quantitative estimate of drug-likeness (QED) is 0.424. The number of nitrogens with one attached hydrogen (secondary N) is 1. The Labute approximate surface area is 194 Å². The van der Waals surface area contributed by atoms with Crippen LogP contribution in [0.3, 0.4) is 0 Å². The molecule has 0 aliphatic carbocycles. The second-order valence-corrected chi connectivity index (χ2v) is 8.34. The molecule has 1 aromatic carbocycles. The third kappa shape index (κ3) is 3.66. The normalized spacial score (nSPS) is 14.9. The van der Waals surface area contributed by atoms with E-state index in [9.17, 15) is 0 Å². The summed E-state index contributed by atoms with van der Waals surface area (Å²) in [6, 6.07) is 15.5. The zero-order chi connectivity index (χ0) is 22.4. The van der Waals surface area contributed by atoms with Gasteiger partial charge in [-0.1, -0.05) is 23.7 Å². The van der Waals surface area contributed by atoms with Crippen molar-refractivity contribution in [1.82, 2.24) is 34.3 Å². The fourth-order valence-corrected chi connectivity index (χ4v) is 4.29. The molecule has 0 spiro atoms. The maximum absolute atomic E-state index is 6.15. The summed E-state index contributed by atoms with van der Waals surface area (Å²) in [4.78, 5) is 8.98. The highest BCUT2D eigenvalue weighted by atomic mass is 35.5. The van der Waals surface area contributed by atoms with Crippen LogP contribution in [0.5, 0.6) is 5.88 Å². The van der Waals surface area contributed by atoms with E-state index >= 15 is 0 Å². The predicted molar refractivity (Wildman–Crippen MR) is 124 cm³/mol. The second-order valence-electron chi connectivity index (χ2n) is 7.91.